The number of nitrogens with zero attached hydrogens (tertiary/aromatic N) is 5. The Morgan fingerprint density at radius 3 is 2.45 bits per heavy atom. The van der Waals surface area contributed by atoms with Gasteiger partial charge in [0, 0.05) is 63.0 Å². The van der Waals surface area contributed by atoms with Crippen LogP contribution in [0.4, 0.5) is 17.3 Å². The number of nitrogens with one attached hydrogen (secondary N) is 1. The van der Waals surface area contributed by atoms with Gasteiger partial charge in [0.2, 0.25) is 0 Å². The minimum absolute atomic E-state index is 0. The third kappa shape index (κ3) is 6.80. The summed E-state index contributed by atoms with van der Waals surface area (Å²) in [7, 11) is 0. The van der Waals surface area contributed by atoms with Crippen LogP contribution in [-0.2, 0) is 0 Å². The second-order valence-corrected chi connectivity index (χ2v) is 6.77. The molecule has 0 bridgehead atoms. The van der Waals surface area contributed by atoms with E-state index in [1.165, 1.54) is 6.07 Å². The predicted octanol–water partition coefficient (Wildman–Crippen LogP) is 4.04. The van der Waals surface area contributed by atoms with E-state index >= 15 is 0 Å². The average molecular weight is 488 g/mol. The van der Waals surface area contributed by atoms with Crippen molar-refractivity contribution < 1.29 is 4.92 Å². The van der Waals surface area contributed by atoms with E-state index in [1.54, 1.807) is 12.1 Å². The molecule has 2 aromatic heterocycles. The number of fused-ring (bicyclic) bond motifs is 1. The summed E-state index contributed by atoms with van der Waals surface area (Å²) in [4.78, 5) is 24.2. The maximum atomic E-state index is 10.9. The Hall–Kier alpha value is -2.39. The summed E-state index contributed by atoms with van der Waals surface area (Å²) in [6.07, 6.45) is 1.83. The van der Waals surface area contributed by atoms with Crippen LogP contribution in [0.25, 0.3) is 10.9 Å². The van der Waals surface area contributed by atoms with Crippen LogP contribution in [0.1, 0.15) is 0 Å². The van der Waals surface area contributed by atoms with Crippen LogP contribution in [0.3, 0.4) is 0 Å². The van der Waals surface area contributed by atoms with Gasteiger partial charge >= 0.3 is 0 Å². The molecule has 0 aliphatic carbocycles. The average Bonchev–Trinajstić information content (AvgIpc) is 2.74. The van der Waals surface area contributed by atoms with Gasteiger partial charge in [-0.2, -0.15) is 0 Å². The third-order valence-corrected chi connectivity index (χ3v) is 4.96. The van der Waals surface area contributed by atoms with E-state index in [2.05, 4.69) is 31.2 Å². The van der Waals surface area contributed by atoms with E-state index in [1.807, 2.05) is 30.5 Å². The lowest BCUT2D eigenvalue weighted by atomic mass is 10.2. The molecular weight excluding hydrogens is 463 g/mol. The quantitative estimate of drug-likeness (QED) is 0.415. The molecule has 1 aliphatic rings. The molecule has 4 rings (SSSR count). The zero-order chi connectivity index (χ0) is 19.3. The van der Waals surface area contributed by atoms with E-state index in [0.717, 1.165) is 61.8 Å². The number of nitro groups is 1. The van der Waals surface area contributed by atoms with Gasteiger partial charge in [0.15, 0.2) is 0 Å². The molecular formula is C20H25Cl3N6O2. The maximum Gasteiger partial charge on any atom is 0.270 e. The fourth-order valence-corrected chi connectivity index (χ4v) is 3.41. The van der Waals surface area contributed by atoms with Crippen molar-refractivity contribution in [2.45, 2.75) is 0 Å². The summed E-state index contributed by atoms with van der Waals surface area (Å²) in [5.74, 6) is 1.83. The Morgan fingerprint density at radius 2 is 1.77 bits per heavy atom. The number of hydrogen-bond acceptors (Lipinski definition) is 7. The number of halogens is 3. The lowest BCUT2D eigenvalue weighted by Crippen LogP contribution is -2.47. The number of pyridine rings is 2. The van der Waals surface area contributed by atoms with Gasteiger partial charge in [-0.15, -0.1) is 37.2 Å². The molecule has 3 heterocycles. The fourth-order valence-electron chi connectivity index (χ4n) is 3.41. The first-order valence-corrected chi connectivity index (χ1v) is 9.36. The Kier molecular flexibility index (Phi) is 10.7. The zero-order valence-electron chi connectivity index (χ0n) is 16.7. The largest absolute Gasteiger partial charge is 0.369 e. The highest BCUT2D eigenvalue weighted by molar-refractivity contribution is 5.86. The first-order chi connectivity index (χ1) is 13.7. The first-order valence-electron chi connectivity index (χ1n) is 9.36. The van der Waals surface area contributed by atoms with Crippen LogP contribution >= 0.6 is 37.2 Å². The molecule has 1 aliphatic heterocycles. The number of benzene rings is 1. The smallest absolute Gasteiger partial charge is 0.270 e. The van der Waals surface area contributed by atoms with Gasteiger partial charge in [-0.25, -0.2) is 9.97 Å². The van der Waals surface area contributed by atoms with E-state index < -0.39 is 0 Å². The monoisotopic (exact) mass is 486 g/mol. The van der Waals surface area contributed by atoms with E-state index in [9.17, 15) is 10.1 Å². The van der Waals surface area contributed by atoms with Crippen LogP contribution in [0.5, 0.6) is 0 Å². The molecule has 1 saturated heterocycles. The van der Waals surface area contributed by atoms with Gasteiger partial charge in [0.05, 0.1) is 10.4 Å². The molecule has 1 aromatic carbocycles. The molecule has 0 unspecified atom stereocenters. The molecule has 0 radical (unpaired) electrons. The van der Waals surface area contributed by atoms with Gasteiger partial charge < -0.3 is 10.2 Å². The summed E-state index contributed by atoms with van der Waals surface area (Å²) < 4.78 is 0. The summed E-state index contributed by atoms with van der Waals surface area (Å²) in [5.41, 5.74) is 0.833. The Morgan fingerprint density at radius 1 is 1.00 bits per heavy atom. The highest BCUT2D eigenvalue weighted by Gasteiger charge is 2.17. The second kappa shape index (κ2) is 12.5. The highest BCUT2D eigenvalue weighted by atomic mass is 35.5. The van der Waals surface area contributed by atoms with Gasteiger partial charge in [-0.3, -0.25) is 15.0 Å². The number of anilines is 2. The normalized spacial score (nSPS) is 13.5. The van der Waals surface area contributed by atoms with Crippen molar-refractivity contribution in [2.75, 3.05) is 49.5 Å². The van der Waals surface area contributed by atoms with E-state index in [0.29, 0.717) is 0 Å². The SMILES string of the molecule is Cl.Cl.Cl.O=[N+]([O-])c1ccc2nc(NCCN3CCN(c4ccccn4)CC3)ccc2c1. The molecule has 11 heteroatoms. The molecule has 0 atom stereocenters. The summed E-state index contributed by atoms with van der Waals surface area (Å²) in [6.45, 7) is 5.71. The molecule has 0 spiro atoms. The zero-order valence-corrected chi connectivity index (χ0v) is 19.2. The minimum atomic E-state index is -0.390. The van der Waals surface area contributed by atoms with Gasteiger partial charge in [-0.05, 0) is 30.3 Å². The molecule has 1 N–H and O–H groups in total. The van der Waals surface area contributed by atoms with Crippen molar-refractivity contribution >= 4 is 65.4 Å². The lowest BCUT2D eigenvalue weighted by Gasteiger charge is -2.35. The standard InChI is InChI=1S/C20H22N6O2.3ClH/c27-26(28)17-5-6-18-16(15-17)4-7-19(23-18)21-9-10-24-11-13-25(14-12-24)20-3-1-2-8-22-20;;;/h1-8,15H,9-14H2,(H,21,23);3*1H. The van der Waals surface area contributed by atoms with Gasteiger partial charge in [-0.1, -0.05) is 6.07 Å². The Bertz CT molecular complexity index is 972. The van der Waals surface area contributed by atoms with E-state index in [-0.39, 0.29) is 47.8 Å². The van der Waals surface area contributed by atoms with Crippen LogP contribution in [0, 0.1) is 10.1 Å². The van der Waals surface area contributed by atoms with Crippen LogP contribution in [0.15, 0.2) is 54.7 Å². The van der Waals surface area contributed by atoms with Crippen LogP contribution in [0.2, 0.25) is 0 Å². The van der Waals surface area contributed by atoms with Crippen LogP contribution < -0.4 is 10.2 Å². The highest BCUT2D eigenvalue weighted by Crippen LogP contribution is 2.21. The second-order valence-electron chi connectivity index (χ2n) is 6.77. The maximum absolute atomic E-state index is 10.9. The molecule has 0 saturated carbocycles. The van der Waals surface area contributed by atoms with Crippen LogP contribution in [-0.4, -0.2) is 59.1 Å². The number of non-ortho nitro benzene ring substituents is 1. The van der Waals surface area contributed by atoms with Crippen molar-refractivity contribution in [3.05, 3.63) is 64.8 Å². The summed E-state index contributed by atoms with van der Waals surface area (Å²) >= 11 is 0. The Balaban J connectivity index is 0.00000160. The van der Waals surface area contributed by atoms with Crippen molar-refractivity contribution in [1.82, 2.24) is 14.9 Å². The predicted molar refractivity (Wildman–Crippen MR) is 132 cm³/mol. The van der Waals surface area contributed by atoms with Gasteiger partial charge in [0.1, 0.15) is 11.6 Å². The van der Waals surface area contributed by atoms with Crippen molar-refractivity contribution in [3.8, 4) is 0 Å². The van der Waals surface area contributed by atoms with Gasteiger partial charge in [0.25, 0.3) is 5.69 Å². The summed E-state index contributed by atoms with van der Waals surface area (Å²) in [6, 6.07) is 14.5. The fraction of sp³-hybridized carbons (Fsp3) is 0.300. The van der Waals surface area contributed by atoms with E-state index in [4.69, 9.17) is 0 Å². The van der Waals surface area contributed by atoms with Crippen molar-refractivity contribution in [2.24, 2.45) is 0 Å². The molecule has 8 nitrogen and oxygen atoms in total. The summed E-state index contributed by atoms with van der Waals surface area (Å²) in [5, 5.41) is 15.0. The van der Waals surface area contributed by atoms with Crippen molar-refractivity contribution in [1.29, 1.82) is 0 Å². The lowest BCUT2D eigenvalue weighted by molar-refractivity contribution is -0.384. The molecule has 1 fully saturated rings. The third-order valence-electron chi connectivity index (χ3n) is 4.96. The first kappa shape index (κ1) is 26.6. The Labute approximate surface area is 199 Å². The molecule has 168 valence electrons. The number of aromatic nitrogens is 2. The number of nitro benzene ring substituents is 1. The molecule has 3 aromatic rings. The number of rotatable bonds is 6. The minimum Gasteiger partial charge on any atom is -0.369 e. The molecule has 0 amide bonds. The topological polar surface area (TPSA) is 87.4 Å². The number of piperazine rings is 1. The van der Waals surface area contributed by atoms with Crippen molar-refractivity contribution in [3.63, 3.8) is 0 Å². The molecule has 31 heavy (non-hydrogen) atoms. The number of hydrogen-bond donors (Lipinski definition) is 1.